The predicted octanol–water partition coefficient (Wildman–Crippen LogP) is 3.63. The topological polar surface area (TPSA) is 70.6 Å². The second-order valence-corrected chi connectivity index (χ2v) is 9.65. The van der Waals surface area contributed by atoms with Crippen molar-refractivity contribution >= 4 is 39.8 Å². The zero-order chi connectivity index (χ0) is 20.8. The number of nitrogens with one attached hydrogen (secondary N) is 2. The minimum atomic E-state index is -3.21. The van der Waals surface area contributed by atoms with Crippen molar-refractivity contribution in [2.45, 2.75) is 31.6 Å². The first-order valence-corrected chi connectivity index (χ1v) is 11.1. The van der Waals surface area contributed by atoms with Gasteiger partial charge in [-0.05, 0) is 28.8 Å². The number of benzene rings is 2. The molecule has 0 fully saturated rings. The highest BCUT2D eigenvalue weighted by atomic mass is 127. The Morgan fingerprint density at radius 3 is 2.31 bits per heavy atom. The average molecular weight is 533 g/mol. The Hall–Kier alpha value is -1.68. The molecule has 160 valence electrons. The van der Waals surface area contributed by atoms with Gasteiger partial charge in [0.15, 0.2) is 15.8 Å². The number of hydrogen-bond acceptors (Lipinski definition) is 3. The van der Waals surface area contributed by atoms with Gasteiger partial charge in [0.05, 0.1) is 5.75 Å². The number of aliphatic imine (C=N–C) groups is 1. The molecule has 2 aromatic rings. The van der Waals surface area contributed by atoms with Gasteiger partial charge < -0.3 is 10.6 Å². The van der Waals surface area contributed by atoms with Crippen LogP contribution in [-0.4, -0.2) is 34.2 Å². The van der Waals surface area contributed by atoms with Gasteiger partial charge in [0.1, 0.15) is 5.82 Å². The Labute approximate surface area is 190 Å². The smallest absolute Gasteiger partial charge is 0.191 e. The monoisotopic (exact) mass is 533 g/mol. The van der Waals surface area contributed by atoms with Crippen LogP contribution >= 0.6 is 24.0 Å². The maximum atomic E-state index is 13.7. The second-order valence-electron chi connectivity index (χ2n) is 7.51. The molecule has 0 unspecified atom stereocenters. The summed E-state index contributed by atoms with van der Waals surface area (Å²) >= 11 is 0. The number of sulfone groups is 1. The molecule has 8 heteroatoms. The SMILES string of the molecule is CN=C(NCc1cc(F)ccc1CS(C)(=O)=O)NCC(C)(C)c1ccccc1.I. The normalized spacial score (nSPS) is 12.2. The Kier molecular flexibility index (Phi) is 9.54. The number of hydrogen-bond donors (Lipinski definition) is 2. The summed E-state index contributed by atoms with van der Waals surface area (Å²) in [5, 5.41) is 6.43. The van der Waals surface area contributed by atoms with Crippen LogP contribution in [0.4, 0.5) is 4.39 Å². The van der Waals surface area contributed by atoms with Gasteiger partial charge in [-0.1, -0.05) is 50.2 Å². The number of halogens is 2. The standard InChI is InChI=1S/C21H28FN3O2S.HI/c1-21(2,18-8-6-5-7-9-18)15-25-20(23-3)24-13-17-12-19(22)11-10-16(17)14-28(4,26)27;/h5-12H,13-15H2,1-4H3,(H2,23,24,25);1H. The van der Waals surface area contributed by atoms with Crippen molar-refractivity contribution < 1.29 is 12.8 Å². The maximum Gasteiger partial charge on any atom is 0.191 e. The lowest BCUT2D eigenvalue weighted by Crippen LogP contribution is -2.43. The first-order valence-electron chi connectivity index (χ1n) is 9.06. The maximum absolute atomic E-state index is 13.7. The Bertz CT molecular complexity index is 932. The van der Waals surface area contributed by atoms with Gasteiger partial charge in [0.25, 0.3) is 0 Å². The van der Waals surface area contributed by atoms with E-state index >= 15 is 0 Å². The molecular formula is C21H29FIN3O2S. The third-order valence-corrected chi connectivity index (χ3v) is 5.34. The van der Waals surface area contributed by atoms with Crippen LogP contribution in [0.2, 0.25) is 0 Å². The summed E-state index contributed by atoms with van der Waals surface area (Å²) in [6.07, 6.45) is 1.17. The molecule has 0 saturated heterocycles. The quantitative estimate of drug-likeness (QED) is 0.324. The fourth-order valence-corrected chi connectivity index (χ4v) is 3.72. The first kappa shape index (κ1) is 25.4. The Morgan fingerprint density at radius 2 is 1.72 bits per heavy atom. The van der Waals surface area contributed by atoms with E-state index in [0.29, 0.717) is 23.6 Å². The van der Waals surface area contributed by atoms with Crippen molar-refractivity contribution in [2.24, 2.45) is 4.99 Å². The van der Waals surface area contributed by atoms with Crippen molar-refractivity contribution in [1.82, 2.24) is 10.6 Å². The molecule has 0 aliphatic heterocycles. The summed E-state index contributed by atoms with van der Waals surface area (Å²) in [5.74, 6) is 0.0398. The second kappa shape index (κ2) is 10.9. The van der Waals surface area contributed by atoms with Crippen molar-refractivity contribution in [3.63, 3.8) is 0 Å². The van der Waals surface area contributed by atoms with E-state index in [9.17, 15) is 12.8 Å². The highest BCUT2D eigenvalue weighted by molar-refractivity contribution is 14.0. The van der Waals surface area contributed by atoms with E-state index in [2.05, 4.69) is 41.6 Å². The fourth-order valence-electron chi connectivity index (χ4n) is 2.88. The fraction of sp³-hybridized carbons (Fsp3) is 0.381. The molecule has 2 rings (SSSR count). The summed E-state index contributed by atoms with van der Waals surface area (Å²) in [7, 11) is -1.55. The highest BCUT2D eigenvalue weighted by Crippen LogP contribution is 2.21. The molecule has 0 amide bonds. The number of guanidine groups is 1. The van der Waals surface area contributed by atoms with E-state index < -0.39 is 15.7 Å². The summed E-state index contributed by atoms with van der Waals surface area (Å²) in [6, 6.07) is 14.3. The molecule has 2 aromatic carbocycles. The van der Waals surface area contributed by atoms with E-state index in [0.717, 1.165) is 0 Å². The van der Waals surface area contributed by atoms with Crippen molar-refractivity contribution in [3.8, 4) is 0 Å². The largest absolute Gasteiger partial charge is 0.356 e. The van der Waals surface area contributed by atoms with Crippen LogP contribution in [0.1, 0.15) is 30.5 Å². The predicted molar refractivity (Wildman–Crippen MR) is 128 cm³/mol. The van der Waals surface area contributed by atoms with Gasteiger partial charge in [-0.15, -0.1) is 24.0 Å². The molecule has 0 atom stereocenters. The molecule has 5 nitrogen and oxygen atoms in total. The van der Waals surface area contributed by atoms with Crippen LogP contribution in [0.3, 0.4) is 0 Å². The van der Waals surface area contributed by atoms with Gasteiger partial charge in [0.2, 0.25) is 0 Å². The molecular weight excluding hydrogens is 504 g/mol. The van der Waals surface area contributed by atoms with Crippen LogP contribution in [0.25, 0.3) is 0 Å². The van der Waals surface area contributed by atoms with E-state index in [1.165, 1.54) is 30.0 Å². The summed E-state index contributed by atoms with van der Waals surface area (Å²) in [5.41, 5.74) is 2.27. The van der Waals surface area contributed by atoms with Crippen LogP contribution < -0.4 is 10.6 Å². The van der Waals surface area contributed by atoms with Gasteiger partial charge in [-0.2, -0.15) is 0 Å². The minimum Gasteiger partial charge on any atom is -0.356 e. The molecule has 2 N–H and O–H groups in total. The molecule has 0 saturated carbocycles. The summed E-state index contributed by atoms with van der Waals surface area (Å²) in [6.45, 7) is 5.20. The van der Waals surface area contributed by atoms with Crippen LogP contribution in [0.5, 0.6) is 0 Å². The third kappa shape index (κ3) is 8.30. The molecule has 0 aliphatic rings. The first-order chi connectivity index (χ1) is 13.1. The van der Waals surface area contributed by atoms with Gasteiger partial charge >= 0.3 is 0 Å². The molecule has 29 heavy (non-hydrogen) atoms. The van der Waals surface area contributed by atoms with Gasteiger partial charge in [-0.3, -0.25) is 4.99 Å². The average Bonchev–Trinajstić information content (AvgIpc) is 2.63. The van der Waals surface area contributed by atoms with E-state index in [1.54, 1.807) is 7.05 Å². The lowest BCUT2D eigenvalue weighted by Gasteiger charge is -2.27. The third-order valence-electron chi connectivity index (χ3n) is 4.51. The number of rotatable bonds is 7. The van der Waals surface area contributed by atoms with E-state index in [1.807, 2.05) is 18.2 Å². The summed E-state index contributed by atoms with van der Waals surface area (Å²) in [4.78, 5) is 4.21. The zero-order valence-corrected chi connectivity index (χ0v) is 20.3. The Balaban J connectivity index is 0.00000420. The Morgan fingerprint density at radius 1 is 1.07 bits per heavy atom. The van der Waals surface area contributed by atoms with Crippen molar-refractivity contribution in [3.05, 3.63) is 71.0 Å². The van der Waals surface area contributed by atoms with Gasteiger partial charge in [-0.25, -0.2) is 12.8 Å². The molecule has 0 spiro atoms. The minimum absolute atomic E-state index is 0. The van der Waals surface area contributed by atoms with Crippen molar-refractivity contribution in [2.75, 3.05) is 19.8 Å². The molecule has 0 heterocycles. The lowest BCUT2D eigenvalue weighted by atomic mass is 9.85. The lowest BCUT2D eigenvalue weighted by molar-refractivity contribution is 0.508. The molecule has 0 bridgehead atoms. The molecule has 0 aliphatic carbocycles. The van der Waals surface area contributed by atoms with Crippen LogP contribution in [0.15, 0.2) is 53.5 Å². The molecule has 0 aromatic heterocycles. The van der Waals surface area contributed by atoms with Crippen LogP contribution in [-0.2, 0) is 27.5 Å². The summed E-state index contributed by atoms with van der Waals surface area (Å²) < 4.78 is 36.9. The molecule has 0 radical (unpaired) electrons. The van der Waals surface area contributed by atoms with Crippen LogP contribution in [0, 0.1) is 5.82 Å². The van der Waals surface area contributed by atoms with Crippen molar-refractivity contribution in [1.29, 1.82) is 0 Å². The zero-order valence-electron chi connectivity index (χ0n) is 17.2. The van der Waals surface area contributed by atoms with E-state index in [4.69, 9.17) is 0 Å². The van der Waals surface area contributed by atoms with E-state index in [-0.39, 0.29) is 41.7 Å². The number of nitrogens with zero attached hydrogens (tertiary/aromatic N) is 1. The van der Waals surface area contributed by atoms with Gasteiger partial charge in [0, 0.05) is 31.8 Å². The highest BCUT2D eigenvalue weighted by Gasteiger charge is 2.20.